The molecule has 0 fully saturated rings. The average molecular weight is 261 g/mol. The number of nitrogens with one attached hydrogen (secondary N) is 2. The van der Waals surface area contributed by atoms with Gasteiger partial charge in [-0.1, -0.05) is 5.21 Å². The summed E-state index contributed by atoms with van der Waals surface area (Å²) < 4.78 is 1.77. The summed E-state index contributed by atoms with van der Waals surface area (Å²) in [5.74, 6) is 0.400. The molecule has 100 valence electrons. The maximum absolute atomic E-state index is 11.3. The summed E-state index contributed by atoms with van der Waals surface area (Å²) in [4.78, 5) is 11.3. The predicted molar refractivity (Wildman–Crippen MR) is 68.6 cm³/mol. The predicted octanol–water partition coefficient (Wildman–Crippen LogP) is -0.0701. The second-order valence-corrected chi connectivity index (χ2v) is 3.83. The van der Waals surface area contributed by atoms with Crippen molar-refractivity contribution in [3.05, 3.63) is 30.2 Å². The number of carbonyl (C=O) groups is 1. The smallest absolute Gasteiger partial charge is 0.271 e. The molecule has 0 atom stereocenters. The van der Waals surface area contributed by atoms with E-state index in [1.165, 1.54) is 0 Å². The van der Waals surface area contributed by atoms with Gasteiger partial charge in [0.2, 0.25) is 0 Å². The van der Waals surface area contributed by atoms with Crippen molar-refractivity contribution in [2.24, 2.45) is 0 Å². The monoisotopic (exact) mass is 261 g/mol. The first-order valence-corrected chi connectivity index (χ1v) is 5.93. The normalized spacial score (nSPS) is 10.2. The highest BCUT2D eigenvalue weighted by Crippen LogP contribution is 2.02. The Hall–Kier alpha value is -2.51. The standard InChI is InChI=1S/C11H15N7O/c1-12-11(19)9-3-4-10(16-15-9)13-5-2-7-18-8-6-14-17-18/h3-4,6,8H,2,5,7H2,1H3,(H,12,19)(H,13,16). The van der Waals surface area contributed by atoms with Gasteiger partial charge in [-0.3, -0.25) is 9.48 Å². The van der Waals surface area contributed by atoms with E-state index < -0.39 is 0 Å². The van der Waals surface area contributed by atoms with Crippen LogP contribution in [0.1, 0.15) is 16.9 Å². The lowest BCUT2D eigenvalue weighted by Crippen LogP contribution is -2.19. The van der Waals surface area contributed by atoms with Crippen LogP contribution in [0.5, 0.6) is 0 Å². The molecule has 2 aromatic rings. The third-order valence-corrected chi connectivity index (χ3v) is 2.47. The molecule has 2 aromatic heterocycles. The minimum atomic E-state index is -0.245. The third kappa shape index (κ3) is 3.73. The Morgan fingerprint density at radius 1 is 1.37 bits per heavy atom. The van der Waals surface area contributed by atoms with Gasteiger partial charge in [0, 0.05) is 26.3 Å². The van der Waals surface area contributed by atoms with Crippen LogP contribution in [-0.2, 0) is 6.54 Å². The molecule has 0 aromatic carbocycles. The molecule has 0 unspecified atom stereocenters. The van der Waals surface area contributed by atoms with Crippen LogP contribution in [0.2, 0.25) is 0 Å². The number of carbonyl (C=O) groups excluding carboxylic acids is 1. The van der Waals surface area contributed by atoms with E-state index in [2.05, 4.69) is 31.1 Å². The number of aromatic nitrogens is 5. The van der Waals surface area contributed by atoms with Crippen LogP contribution in [-0.4, -0.2) is 44.7 Å². The Morgan fingerprint density at radius 3 is 2.89 bits per heavy atom. The Labute approximate surface area is 110 Å². The number of aryl methyl sites for hydroxylation is 1. The van der Waals surface area contributed by atoms with E-state index in [0.717, 1.165) is 19.5 Å². The molecule has 0 radical (unpaired) electrons. The number of nitrogens with zero attached hydrogens (tertiary/aromatic N) is 5. The lowest BCUT2D eigenvalue weighted by Gasteiger charge is -2.05. The van der Waals surface area contributed by atoms with Crippen LogP contribution in [0, 0.1) is 0 Å². The van der Waals surface area contributed by atoms with Gasteiger partial charge in [0.05, 0.1) is 6.20 Å². The Bertz CT molecular complexity index is 508. The summed E-state index contributed by atoms with van der Waals surface area (Å²) >= 11 is 0. The summed E-state index contributed by atoms with van der Waals surface area (Å²) in [5, 5.41) is 21.0. The van der Waals surface area contributed by atoms with Crippen LogP contribution >= 0.6 is 0 Å². The van der Waals surface area contributed by atoms with E-state index >= 15 is 0 Å². The molecule has 2 rings (SSSR count). The van der Waals surface area contributed by atoms with Crippen LogP contribution in [0.4, 0.5) is 5.82 Å². The molecule has 1 amide bonds. The van der Waals surface area contributed by atoms with Crippen molar-refractivity contribution in [2.75, 3.05) is 18.9 Å². The highest BCUT2D eigenvalue weighted by Gasteiger charge is 2.04. The minimum absolute atomic E-state index is 0.245. The number of rotatable bonds is 6. The zero-order valence-electron chi connectivity index (χ0n) is 10.6. The van der Waals surface area contributed by atoms with Gasteiger partial charge in [-0.2, -0.15) is 0 Å². The molecule has 0 saturated carbocycles. The number of anilines is 1. The quantitative estimate of drug-likeness (QED) is 0.706. The fourth-order valence-corrected chi connectivity index (χ4v) is 1.49. The third-order valence-electron chi connectivity index (χ3n) is 2.47. The maximum atomic E-state index is 11.3. The van der Waals surface area contributed by atoms with Gasteiger partial charge in [-0.25, -0.2) is 0 Å². The summed E-state index contributed by atoms with van der Waals surface area (Å²) in [6, 6.07) is 3.36. The van der Waals surface area contributed by atoms with Crippen molar-refractivity contribution in [3.63, 3.8) is 0 Å². The number of hydrogen-bond acceptors (Lipinski definition) is 6. The highest BCUT2D eigenvalue weighted by atomic mass is 16.1. The molecule has 19 heavy (non-hydrogen) atoms. The molecule has 8 nitrogen and oxygen atoms in total. The van der Waals surface area contributed by atoms with Crippen LogP contribution < -0.4 is 10.6 Å². The SMILES string of the molecule is CNC(=O)c1ccc(NCCCn2ccnn2)nn1. The second-order valence-electron chi connectivity index (χ2n) is 3.83. The fourth-order valence-electron chi connectivity index (χ4n) is 1.49. The van der Waals surface area contributed by atoms with Crippen molar-refractivity contribution < 1.29 is 4.79 Å². The summed E-state index contributed by atoms with van der Waals surface area (Å²) in [5.41, 5.74) is 0.302. The van der Waals surface area contributed by atoms with Crippen LogP contribution in [0.3, 0.4) is 0 Å². The summed E-state index contributed by atoms with van der Waals surface area (Å²) in [6.45, 7) is 1.53. The molecule has 0 aliphatic rings. The second kappa shape index (κ2) is 6.43. The molecular formula is C11H15N7O. The minimum Gasteiger partial charge on any atom is -0.369 e. The zero-order valence-corrected chi connectivity index (χ0v) is 10.6. The lowest BCUT2D eigenvalue weighted by molar-refractivity contribution is 0.0957. The zero-order chi connectivity index (χ0) is 13.5. The molecule has 2 heterocycles. The van der Waals surface area contributed by atoms with Crippen molar-refractivity contribution in [2.45, 2.75) is 13.0 Å². The molecule has 0 saturated heterocycles. The first-order valence-electron chi connectivity index (χ1n) is 5.93. The summed E-state index contributed by atoms with van der Waals surface area (Å²) in [6.07, 6.45) is 4.36. The molecule has 0 bridgehead atoms. The molecule has 8 heteroatoms. The van der Waals surface area contributed by atoms with Gasteiger partial charge in [0.1, 0.15) is 5.82 Å². The van der Waals surface area contributed by atoms with Crippen molar-refractivity contribution in [3.8, 4) is 0 Å². The van der Waals surface area contributed by atoms with Crippen molar-refractivity contribution in [1.29, 1.82) is 0 Å². The Morgan fingerprint density at radius 2 is 2.26 bits per heavy atom. The molecule has 0 aliphatic heterocycles. The highest BCUT2D eigenvalue weighted by molar-refractivity contribution is 5.91. The van der Waals surface area contributed by atoms with Crippen LogP contribution in [0.15, 0.2) is 24.5 Å². The number of amides is 1. The van der Waals surface area contributed by atoms with Crippen molar-refractivity contribution in [1.82, 2.24) is 30.5 Å². The first kappa shape index (κ1) is 12.9. The topological polar surface area (TPSA) is 97.6 Å². The van der Waals surface area contributed by atoms with E-state index in [1.807, 2.05) is 6.20 Å². The number of hydrogen-bond donors (Lipinski definition) is 2. The van der Waals surface area contributed by atoms with Gasteiger partial charge >= 0.3 is 0 Å². The molecule has 0 spiro atoms. The van der Waals surface area contributed by atoms with Crippen molar-refractivity contribution >= 4 is 11.7 Å². The van der Waals surface area contributed by atoms with Gasteiger partial charge in [-0.15, -0.1) is 15.3 Å². The van der Waals surface area contributed by atoms with E-state index in [0.29, 0.717) is 11.5 Å². The van der Waals surface area contributed by atoms with E-state index in [9.17, 15) is 4.79 Å². The average Bonchev–Trinajstić information content (AvgIpc) is 2.96. The molecular weight excluding hydrogens is 246 g/mol. The maximum Gasteiger partial charge on any atom is 0.271 e. The van der Waals surface area contributed by atoms with E-state index in [4.69, 9.17) is 0 Å². The van der Waals surface area contributed by atoms with Gasteiger partial charge < -0.3 is 10.6 Å². The summed E-state index contributed by atoms with van der Waals surface area (Å²) in [7, 11) is 1.56. The lowest BCUT2D eigenvalue weighted by atomic mass is 10.3. The largest absolute Gasteiger partial charge is 0.369 e. The van der Waals surface area contributed by atoms with Crippen LogP contribution in [0.25, 0.3) is 0 Å². The molecule has 2 N–H and O–H groups in total. The fraction of sp³-hybridized carbons (Fsp3) is 0.364. The van der Waals surface area contributed by atoms with E-state index in [-0.39, 0.29) is 5.91 Å². The Balaban J connectivity index is 1.75. The molecule has 0 aliphatic carbocycles. The van der Waals surface area contributed by atoms with Gasteiger partial charge in [-0.05, 0) is 18.6 Å². The first-order chi connectivity index (χ1) is 9.29. The van der Waals surface area contributed by atoms with Gasteiger partial charge in [0.15, 0.2) is 5.69 Å². The van der Waals surface area contributed by atoms with Gasteiger partial charge in [0.25, 0.3) is 5.91 Å². The van der Waals surface area contributed by atoms with E-state index in [1.54, 1.807) is 30.1 Å². The Kier molecular flexibility index (Phi) is 4.38.